The number of hydrazone groups is 1. The average Bonchev–Trinajstić information content (AvgIpc) is 2.91. The second kappa shape index (κ2) is 6.54. The van der Waals surface area contributed by atoms with Crippen LogP contribution in [-0.4, -0.2) is 34.8 Å². The highest BCUT2D eigenvalue weighted by Crippen LogP contribution is 2.49. The first-order chi connectivity index (χ1) is 12.5. The summed E-state index contributed by atoms with van der Waals surface area (Å²) in [5, 5.41) is 15.2. The van der Waals surface area contributed by atoms with Crippen LogP contribution in [0.15, 0.2) is 33.9 Å². The molecule has 3 aliphatic carbocycles. The predicted molar refractivity (Wildman–Crippen MR) is 98.8 cm³/mol. The van der Waals surface area contributed by atoms with Gasteiger partial charge in [0.15, 0.2) is 11.5 Å². The summed E-state index contributed by atoms with van der Waals surface area (Å²) in [5.74, 6) is -0.341. The van der Waals surface area contributed by atoms with Gasteiger partial charge in [-0.2, -0.15) is 10.1 Å². The van der Waals surface area contributed by atoms with Crippen LogP contribution in [-0.2, 0) is 9.59 Å². The molecule has 2 fully saturated rings. The summed E-state index contributed by atoms with van der Waals surface area (Å²) < 4.78 is 5.85. The lowest BCUT2D eigenvalue weighted by atomic mass is 9.63. The van der Waals surface area contributed by atoms with Gasteiger partial charge in [0.1, 0.15) is 0 Å². The number of imide groups is 1. The number of halogens is 1. The molecule has 0 unspecified atom stereocenters. The van der Waals surface area contributed by atoms with Crippen LogP contribution in [0.25, 0.3) is 0 Å². The molecular weight excluding hydrogens is 400 g/mol. The number of phenols is 1. The Morgan fingerprint density at radius 3 is 2.38 bits per heavy atom. The van der Waals surface area contributed by atoms with E-state index >= 15 is 0 Å². The molecule has 1 heterocycles. The highest BCUT2D eigenvalue weighted by Gasteiger charge is 2.56. The molecule has 5 rings (SSSR count). The van der Waals surface area contributed by atoms with Crippen LogP contribution in [0, 0.1) is 23.7 Å². The molecule has 1 saturated carbocycles. The Hall–Kier alpha value is -2.15. The predicted octanol–water partition coefficient (Wildman–Crippen LogP) is 3.08. The van der Waals surface area contributed by atoms with E-state index in [0.29, 0.717) is 22.4 Å². The Morgan fingerprint density at radius 2 is 1.85 bits per heavy atom. The number of hydrogen-bond acceptors (Lipinski definition) is 5. The Balaban J connectivity index is 1.60. The third kappa shape index (κ3) is 2.65. The van der Waals surface area contributed by atoms with Gasteiger partial charge < -0.3 is 9.84 Å². The third-order valence-corrected chi connectivity index (χ3v) is 6.01. The number of amides is 2. The SMILES string of the molecule is CCOc1cc(/C=N\N2C(=O)[C@H]3[C@H](C2=O)[C@H]2C=C[C@H]3CC2)cc(Br)c1O. The number of phenolic OH excluding ortho intramolecular Hbond substituents is 1. The van der Waals surface area contributed by atoms with Crippen LogP contribution in [0.2, 0.25) is 0 Å². The number of carbonyl (C=O) groups is 2. The van der Waals surface area contributed by atoms with Gasteiger partial charge in [0.05, 0.1) is 29.1 Å². The normalized spacial score (nSPS) is 29.7. The number of hydrogen-bond donors (Lipinski definition) is 1. The molecule has 2 amide bonds. The van der Waals surface area contributed by atoms with E-state index in [1.807, 2.05) is 6.92 Å². The van der Waals surface area contributed by atoms with Crippen molar-refractivity contribution in [2.75, 3.05) is 6.61 Å². The summed E-state index contributed by atoms with van der Waals surface area (Å²) in [5.41, 5.74) is 0.620. The van der Waals surface area contributed by atoms with E-state index in [2.05, 4.69) is 33.2 Å². The van der Waals surface area contributed by atoms with Gasteiger partial charge in [0.25, 0.3) is 11.8 Å². The number of fused-ring (bicyclic) bond motifs is 1. The van der Waals surface area contributed by atoms with Gasteiger partial charge in [-0.1, -0.05) is 12.2 Å². The third-order valence-electron chi connectivity index (χ3n) is 5.41. The van der Waals surface area contributed by atoms with Crippen molar-refractivity contribution >= 4 is 34.0 Å². The Morgan fingerprint density at radius 1 is 1.23 bits per heavy atom. The first-order valence-electron chi connectivity index (χ1n) is 8.76. The lowest BCUT2D eigenvalue weighted by Crippen LogP contribution is -2.38. The highest BCUT2D eigenvalue weighted by molar-refractivity contribution is 9.10. The minimum atomic E-state index is -0.270. The molecule has 6 nitrogen and oxygen atoms in total. The molecule has 4 atom stereocenters. The van der Waals surface area contributed by atoms with Gasteiger partial charge in [-0.05, 0) is 65.2 Å². The van der Waals surface area contributed by atoms with E-state index < -0.39 is 0 Å². The second-order valence-corrected chi connectivity index (χ2v) is 7.71. The van der Waals surface area contributed by atoms with E-state index in [-0.39, 0.29) is 41.2 Å². The molecule has 7 heteroatoms. The second-order valence-electron chi connectivity index (χ2n) is 6.86. The van der Waals surface area contributed by atoms with Crippen molar-refractivity contribution in [1.82, 2.24) is 5.01 Å². The number of allylic oxidation sites excluding steroid dienone is 2. The Kier molecular flexibility index (Phi) is 4.34. The van der Waals surface area contributed by atoms with E-state index in [1.54, 1.807) is 12.1 Å². The van der Waals surface area contributed by atoms with Gasteiger partial charge in [0, 0.05) is 0 Å². The number of benzene rings is 1. The van der Waals surface area contributed by atoms with Crippen LogP contribution < -0.4 is 4.74 Å². The van der Waals surface area contributed by atoms with Gasteiger partial charge in [-0.3, -0.25) is 9.59 Å². The van der Waals surface area contributed by atoms with Crippen molar-refractivity contribution in [3.05, 3.63) is 34.3 Å². The van der Waals surface area contributed by atoms with Gasteiger partial charge in [-0.15, -0.1) is 0 Å². The molecule has 1 aromatic rings. The zero-order valence-electron chi connectivity index (χ0n) is 14.3. The molecule has 0 radical (unpaired) electrons. The Bertz CT molecular complexity index is 803. The first-order valence-corrected chi connectivity index (χ1v) is 9.56. The molecule has 1 aliphatic heterocycles. The minimum absolute atomic E-state index is 0.00555. The zero-order chi connectivity index (χ0) is 18.4. The van der Waals surface area contributed by atoms with Crippen molar-refractivity contribution < 1.29 is 19.4 Å². The fourth-order valence-electron chi connectivity index (χ4n) is 4.23. The molecule has 0 spiro atoms. The molecule has 26 heavy (non-hydrogen) atoms. The standard InChI is InChI=1S/C19H19BrN2O4/c1-2-26-14-8-10(7-13(20)17(14)23)9-21-22-18(24)15-11-3-4-12(6-5-11)16(15)19(22)25/h3-4,7-9,11-12,15-16,23H,2,5-6H2,1H3/b21-9-/t11-,12-,15+,16+/m0/s1. The highest BCUT2D eigenvalue weighted by atomic mass is 79.9. The molecule has 136 valence electrons. The number of ether oxygens (including phenoxy) is 1. The van der Waals surface area contributed by atoms with Crippen LogP contribution in [0.5, 0.6) is 11.5 Å². The van der Waals surface area contributed by atoms with Crippen molar-refractivity contribution in [2.45, 2.75) is 19.8 Å². The maximum absolute atomic E-state index is 12.7. The number of carbonyl (C=O) groups excluding carboxylic acids is 2. The van der Waals surface area contributed by atoms with Crippen molar-refractivity contribution in [2.24, 2.45) is 28.8 Å². The average molecular weight is 419 g/mol. The number of aromatic hydroxyl groups is 1. The topological polar surface area (TPSA) is 79.2 Å². The van der Waals surface area contributed by atoms with Crippen LogP contribution in [0.1, 0.15) is 25.3 Å². The summed E-state index contributed by atoms with van der Waals surface area (Å²) in [4.78, 5) is 25.5. The van der Waals surface area contributed by atoms with E-state index in [4.69, 9.17) is 4.74 Å². The van der Waals surface area contributed by atoms with Crippen LogP contribution in [0.4, 0.5) is 0 Å². The van der Waals surface area contributed by atoms with Gasteiger partial charge in [-0.25, -0.2) is 0 Å². The summed E-state index contributed by atoms with van der Waals surface area (Å²) in [6.45, 7) is 2.22. The lowest BCUT2D eigenvalue weighted by molar-refractivity contribution is -0.140. The first kappa shape index (κ1) is 17.3. The Labute approximate surface area is 159 Å². The van der Waals surface area contributed by atoms with E-state index in [9.17, 15) is 14.7 Å². The maximum atomic E-state index is 12.7. The minimum Gasteiger partial charge on any atom is -0.503 e. The fraction of sp³-hybridized carbons (Fsp3) is 0.421. The van der Waals surface area contributed by atoms with Crippen LogP contribution in [0.3, 0.4) is 0 Å². The van der Waals surface area contributed by atoms with E-state index in [0.717, 1.165) is 17.9 Å². The van der Waals surface area contributed by atoms with Gasteiger partial charge >= 0.3 is 0 Å². The lowest BCUT2D eigenvalue weighted by Gasteiger charge is -2.37. The molecule has 1 saturated heterocycles. The van der Waals surface area contributed by atoms with Gasteiger partial charge in [0.2, 0.25) is 0 Å². The summed E-state index contributed by atoms with van der Waals surface area (Å²) in [7, 11) is 0. The molecule has 0 aromatic heterocycles. The summed E-state index contributed by atoms with van der Waals surface area (Å²) >= 11 is 3.27. The van der Waals surface area contributed by atoms with Crippen molar-refractivity contribution in [1.29, 1.82) is 0 Å². The molecule has 1 aromatic carbocycles. The number of nitrogens with zero attached hydrogens (tertiary/aromatic N) is 2. The van der Waals surface area contributed by atoms with Crippen LogP contribution >= 0.6 is 15.9 Å². The van der Waals surface area contributed by atoms with Crippen molar-refractivity contribution in [3.8, 4) is 11.5 Å². The van der Waals surface area contributed by atoms with E-state index in [1.165, 1.54) is 6.21 Å². The number of rotatable bonds is 4. The van der Waals surface area contributed by atoms with Crippen molar-refractivity contribution in [3.63, 3.8) is 0 Å². The quantitative estimate of drug-likeness (QED) is 0.462. The molecule has 1 N–H and O–H groups in total. The monoisotopic (exact) mass is 418 g/mol. The largest absolute Gasteiger partial charge is 0.503 e. The molecular formula is C19H19BrN2O4. The molecule has 4 aliphatic rings. The summed E-state index contributed by atoms with van der Waals surface area (Å²) in [6.07, 6.45) is 7.54. The maximum Gasteiger partial charge on any atom is 0.254 e. The smallest absolute Gasteiger partial charge is 0.254 e. The molecule has 2 bridgehead atoms. The summed E-state index contributed by atoms with van der Waals surface area (Å²) in [6, 6.07) is 3.28. The fourth-order valence-corrected chi connectivity index (χ4v) is 4.69. The zero-order valence-corrected chi connectivity index (χ0v) is 15.8.